The van der Waals surface area contributed by atoms with Crippen molar-refractivity contribution < 1.29 is 18.0 Å². The van der Waals surface area contributed by atoms with Crippen LogP contribution in [0.15, 0.2) is 52.3 Å². The smallest absolute Gasteiger partial charge is 0.321 e. The number of amides is 3. The van der Waals surface area contributed by atoms with E-state index in [1.54, 1.807) is 66.4 Å². The molecule has 0 aliphatic carbocycles. The molecule has 0 unspecified atom stereocenters. The van der Waals surface area contributed by atoms with Gasteiger partial charge in [-0.1, -0.05) is 18.2 Å². The van der Waals surface area contributed by atoms with Crippen LogP contribution in [0.1, 0.15) is 12.8 Å². The number of sulfone groups is 1. The molecule has 0 aromatic heterocycles. The zero-order valence-electron chi connectivity index (χ0n) is 16.4. The number of piperidine rings is 1. The van der Waals surface area contributed by atoms with Crippen LogP contribution in [0.5, 0.6) is 0 Å². The fourth-order valence-electron chi connectivity index (χ4n) is 3.99. The lowest BCUT2D eigenvalue weighted by molar-refractivity contribution is -0.134. The van der Waals surface area contributed by atoms with E-state index in [9.17, 15) is 18.0 Å². The number of carbonyl (C=O) groups is 2. The topological polar surface area (TPSA) is 86.8 Å². The minimum Gasteiger partial charge on any atom is -0.349 e. The molecule has 3 amide bonds. The van der Waals surface area contributed by atoms with Crippen LogP contribution in [-0.4, -0.2) is 57.3 Å². The van der Waals surface area contributed by atoms with Crippen LogP contribution in [0, 0.1) is 5.92 Å². The van der Waals surface area contributed by atoms with Crippen LogP contribution in [0.2, 0.25) is 0 Å². The number of nitrogens with zero attached hydrogens (tertiary/aromatic N) is 2. The summed E-state index contributed by atoms with van der Waals surface area (Å²) in [5, 5.41) is 2.86. The van der Waals surface area contributed by atoms with Gasteiger partial charge in [0.05, 0.1) is 9.79 Å². The largest absolute Gasteiger partial charge is 0.349 e. The second-order valence-electron chi connectivity index (χ2n) is 7.63. The maximum Gasteiger partial charge on any atom is 0.321 e. The van der Waals surface area contributed by atoms with E-state index in [2.05, 4.69) is 5.32 Å². The number of rotatable bonds is 2. The van der Waals surface area contributed by atoms with Crippen molar-refractivity contribution in [2.75, 3.05) is 32.5 Å². The molecule has 2 aliphatic heterocycles. The number of fused-ring (bicyclic) bond motifs is 3. The molecule has 1 N–H and O–H groups in total. The molecule has 2 aromatic carbocycles. The Labute approximate surface area is 170 Å². The van der Waals surface area contributed by atoms with Crippen LogP contribution in [0.25, 0.3) is 11.1 Å². The van der Waals surface area contributed by atoms with Crippen molar-refractivity contribution in [1.82, 2.24) is 9.80 Å². The molecule has 2 heterocycles. The number of benzene rings is 2. The Morgan fingerprint density at radius 1 is 1.00 bits per heavy atom. The van der Waals surface area contributed by atoms with E-state index >= 15 is 0 Å². The molecule has 0 saturated carbocycles. The minimum atomic E-state index is -3.51. The molecule has 0 bridgehead atoms. The number of likely N-dealkylation sites (tertiary alicyclic amines) is 1. The summed E-state index contributed by atoms with van der Waals surface area (Å²) in [7, 11) is -0.0237. The summed E-state index contributed by atoms with van der Waals surface area (Å²) in [4.78, 5) is 28.6. The van der Waals surface area contributed by atoms with Crippen molar-refractivity contribution in [3.05, 3.63) is 42.5 Å². The average Bonchev–Trinajstić information content (AvgIpc) is 2.94. The van der Waals surface area contributed by atoms with Crippen LogP contribution < -0.4 is 5.32 Å². The molecule has 4 rings (SSSR count). The lowest BCUT2D eigenvalue weighted by atomic mass is 9.96. The molecule has 29 heavy (non-hydrogen) atoms. The van der Waals surface area contributed by atoms with Crippen molar-refractivity contribution in [1.29, 1.82) is 0 Å². The second-order valence-corrected chi connectivity index (χ2v) is 9.52. The first-order chi connectivity index (χ1) is 13.8. The first kappa shape index (κ1) is 19.4. The van der Waals surface area contributed by atoms with Gasteiger partial charge in [0.1, 0.15) is 0 Å². The maximum atomic E-state index is 12.7. The van der Waals surface area contributed by atoms with Gasteiger partial charge in [0, 0.05) is 49.9 Å². The van der Waals surface area contributed by atoms with Crippen molar-refractivity contribution in [2.45, 2.75) is 22.6 Å². The first-order valence-electron chi connectivity index (χ1n) is 9.54. The highest BCUT2D eigenvalue weighted by atomic mass is 32.2. The van der Waals surface area contributed by atoms with Crippen molar-refractivity contribution in [3.8, 4) is 11.1 Å². The SMILES string of the molecule is CN(C)C(=O)C1CCN(C(=O)Nc2ccc3c(c2)-c2ccccc2S3(=O)=O)CC1. The molecular weight excluding hydrogens is 390 g/mol. The van der Waals surface area contributed by atoms with E-state index in [-0.39, 0.29) is 22.8 Å². The Bertz CT molecular complexity index is 1090. The van der Waals surface area contributed by atoms with E-state index in [1.165, 1.54) is 0 Å². The normalized spacial score (nSPS) is 17.4. The summed E-state index contributed by atoms with van der Waals surface area (Å²) >= 11 is 0. The molecular formula is C21H23N3O4S. The van der Waals surface area contributed by atoms with Gasteiger partial charge in [-0.2, -0.15) is 0 Å². The molecule has 0 radical (unpaired) electrons. The van der Waals surface area contributed by atoms with Gasteiger partial charge in [-0.15, -0.1) is 0 Å². The molecule has 1 saturated heterocycles. The number of hydrogen-bond acceptors (Lipinski definition) is 4. The highest BCUT2D eigenvalue weighted by molar-refractivity contribution is 7.92. The van der Waals surface area contributed by atoms with Gasteiger partial charge < -0.3 is 15.1 Å². The molecule has 0 spiro atoms. The number of hydrogen-bond donors (Lipinski definition) is 1. The lowest BCUT2D eigenvalue weighted by Crippen LogP contribution is -2.44. The van der Waals surface area contributed by atoms with Gasteiger partial charge in [-0.05, 0) is 37.1 Å². The summed E-state index contributed by atoms with van der Waals surface area (Å²) in [6.45, 7) is 1.02. The molecule has 2 aromatic rings. The van der Waals surface area contributed by atoms with Gasteiger partial charge in [0.15, 0.2) is 0 Å². The van der Waals surface area contributed by atoms with Crippen LogP contribution in [0.3, 0.4) is 0 Å². The third kappa shape index (κ3) is 3.37. The zero-order chi connectivity index (χ0) is 20.8. The van der Waals surface area contributed by atoms with Gasteiger partial charge in [0.2, 0.25) is 15.7 Å². The third-order valence-corrected chi connectivity index (χ3v) is 7.43. The molecule has 152 valence electrons. The Kier molecular flexibility index (Phi) is 4.82. The minimum absolute atomic E-state index is 0.0456. The van der Waals surface area contributed by atoms with E-state index in [0.29, 0.717) is 47.6 Å². The standard InChI is InChI=1S/C21H23N3O4S/c1-23(2)20(25)14-9-11-24(12-10-14)21(26)22-15-7-8-19-17(13-15)16-5-3-4-6-18(16)29(19,27)28/h3-8,13-14H,9-12H2,1-2H3,(H,22,26). The average molecular weight is 413 g/mol. The summed E-state index contributed by atoms with van der Waals surface area (Å²) in [6.07, 6.45) is 1.28. The highest BCUT2D eigenvalue weighted by Gasteiger charge is 2.33. The third-order valence-electron chi connectivity index (χ3n) is 5.56. The molecule has 8 heteroatoms. The van der Waals surface area contributed by atoms with Gasteiger partial charge in [-0.25, -0.2) is 13.2 Å². The summed E-state index contributed by atoms with van der Waals surface area (Å²) in [5.41, 5.74) is 1.81. The number of carbonyl (C=O) groups excluding carboxylic acids is 2. The van der Waals surface area contributed by atoms with E-state index < -0.39 is 9.84 Å². The van der Waals surface area contributed by atoms with Crippen molar-refractivity contribution in [2.24, 2.45) is 5.92 Å². The van der Waals surface area contributed by atoms with Gasteiger partial charge >= 0.3 is 6.03 Å². The van der Waals surface area contributed by atoms with Crippen LogP contribution in [0.4, 0.5) is 10.5 Å². The fourth-order valence-corrected chi connectivity index (χ4v) is 5.66. The quantitative estimate of drug-likeness (QED) is 0.700. The monoisotopic (exact) mass is 413 g/mol. The highest BCUT2D eigenvalue weighted by Crippen LogP contribution is 2.43. The van der Waals surface area contributed by atoms with Crippen molar-refractivity contribution in [3.63, 3.8) is 0 Å². The van der Waals surface area contributed by atoms with E-state index in [4.69, 9.17) is 0 Å². The Morgan fingerprint density at radius 2 is 1.66 bits per heavy atom. The zero-order valence-corrected chi connectivity index (χ0v) is 17.2. The van der Waals surface area contributed by atoms with Gasteiger partial charge in [-0.3, -0.25) is 4.79 Å². The molecule has 1 fully saturated rings. The predicted octanol–water partition coefficient (Wildman–Crippen LogP) is 2.83. The predicted molar refractivity (Wildman–Crippen MR) is 109 cm³/mol. The first-order valence-corrected chi connectivity index (χ1v) is 11.0. The Balaban J connectivity index is 1.49. The molecule has 2 aliphatic rings. The van der Waals surface area contributed by atoms with Crippen LogP contribution in [-0.2, 0) is 14.6 Å². The summed E-state index contributed by atoms with van der Waals surface area (Å²) in [5.74, 6) is 0.0549. The van der Waals surface area contributed by atoms with E-state index in [0.717, 1.165) is 0 Å². The summed E-state index contributed by atoms with van der Waals surface area (Å²) < 4.78 is 25.3. The maximum absolute atomic E-state index is 12.7. The Morgan fingerprint density at radius 3 is 2.34 bits per heavy atom. The van der Waals surface area contributed by atoms with Crippen molar-refractivity contribution >= 4 is 27.5 Å². The molecule has 7 nitrogen and oxygen atoms in total. The second kappa shape index (κ2) is 7.18. The number of nitrogens with one attached hydrogen (secondary N) is 1. The molecule has 0 atom stereocenters. The fraction of sp³-hybridized carbons (Fsp3) is 0.333. The van der Waals surface area contributed by atoms with Crippen LogP contribution >= 0.6 is 0 Å². The van der Waals surface area contributed by atoms with E-state index in [1.807, 2.05) is 0 Å². The van der Waals surface area contributed by atoms with Gasteiger partial charge in [0.25, 0.3) is 0 Å². The summed E-state index contributed by atoms with van der Waals surface area (Å²) in [6, 6.07) is 11.5. The number of urea groups is 1. The Hall–Kier alpha value is -2.87. The lowest BCUT2D eigenvalue weighted by Gasteiger charge is -2.32. The number of anilines is 1.